The number of rotatable bonds is 4. The molecule has 0 unspecified atom stereocenters. The predicted octanol–water partition coefficient (Wildman–Crippen LogP) is 2.07. The summed E-state index contributed by atoms with van der Waals surface area (Å²) in [5, 5.41) is 4.60. The van der Waals surface area contributed by atoms with Gasteiger partial charge in [0.2, 0.25) is 0 Å². The highest BCUT2D eigenvalue weighted by atomic mass is 32.2. The summed E-state index contributed by atoms with van der Waals surface area (Å²) in [5.41, 5.74) is 0. The SMILES string of the molecule is CSCCN=C1N[C@@H](C(C)C)CS1. The van der Waals surface area contributed by atoms with E-state index in [2.05, 4.69) is 30.4 Å². The Morgan fingerprint density at radius 1 is 1.69 bits per heavy atom. The minimum absolute atomic E-state index is 0.623. The molecule has 1 atom stereocenters. The molecule has 13 heavy (non-hydrogen) atoms. The lowest BCUT2D eigenvalue weighted by molar-refractivity contribution is 0.503. The minimum Gasteiger partial charge on any atom is -0.361 e. The molecule has 1 aliphatic rings. The second-order valence-electron chi connectivity index (χ2n) is 3.49. The molecule has 0 spiro atoms. The molecule has 0 bridgehead atoms. The van der Waals surface area contributed by atoms with Crippen LogP contribution in [0.25, 0.3) is 0 Å². The highest BCUT2D eigenvalue weighted by molar-refractivity contribution is 8.14. The van der Waals surface area contributed by atoms with Gasteiger partial charge in [-0.25, -0.2) is 0 Å². The molecule has 4 heteroatoms. The number of amidine groups is 1. The molecule has 0 radical (unpaired) electrons. The zero-order chi connectivity index (χ0) is 9.68. The number of nitrogens with one attached hydrogen (secondary N) is 1. The highest BCUT2D eigenvalue weighted by Gasteiger charge is 2.22. The maximum Gasteiger partial charge on any atom is 0.156 e. The lowest BCUT2D eigenvalue weighted by Gasteiger charge is -2.12. The molecule has 0 aromatic heterocycles. The van der Waals surface area contributed by atoms with Gasteiger partial charge in [-0.05, 0) is 12.2 Å². The van der Waals surface area contributed by atoms with Crippen molar-refractivity contribution in [2.75, 3.05) is 24.3 Å². The summed E-state index contributed by atoms with van der Waals surface area (Å²) in [6, 6.07) is 0.623. The lowest BCUT2D eigenvalue weighted by atomic mass is 10.1. The summed E-state index contributed by atoms with van der Waals surface area (Å²) in [6.45, 7) is 5.45. The van der Waals surface area contributed by atoms with Crippen LogP contribution in [0.5, 0.6) is 0 Å². The molecule has 1 heterocycles. The van der Waals surface area contributed by atoms with Crippen molar-refractivity contribution < 1.29 is 0 Å². The third kappa shape index (κ3) is 3.81. The molecule has 0 aliphatic carbocycles. The Bertz CT molecular complexity index is 180. The fraction of sp³-hybridized carbons (Fsp3) is 0.889. The molecule has 0 aromatic carbocycles. The van der Waals surface area contributed by atoms with Crippen LogP contribution in [-0.2, 0) is 0 Å². The van der Waals surface area contributed by atoms with E-state index in [1.54, 1.807) is 0 Å². The average Bonchev–Trinajstić information content (AvgIpc) is 2.53. The molecule has 0 aromatic rings. The summed E-state index contributed by atoms with van der Waals surface area (Å²) in [7, 11) is 0. The number of hydrogen-bond donors (Lipinski definition) is 1. The van der Waals surface area contributed by atoms with Crippen LogP contribution >= 0.6 is 23.5 Å². The average molecular weight is 218 g/mol. The van der Waals surface area contributed by atoms with E-state index in [4.69, 9.17) is 0 Å². The number of aliphatic imine (C=N–C) groups is 1. The third-order valence-corrected chi connectivity index (χ3v) is 3.70. The van der Waals surface area contributed by atoms with Crippen molar-refractivity contribution >= 4 is 28.7 Å². The highest BCUT2D eigenvalue weighted by Crippen LogP contribution is 2.18. The number of hydrogen-bond acceptors (Lipinski definition) is 3. The smallest absolute Gasteiger partial charge is 0.156 e. The molecule has 0 saturated carbocycles. The zero-order valence-corrected chi connectivity index (χ0v) is 10.2. The van der Waals surface area contributed by atoms with Crippen LogP contribution in [0, 0.1) is 5.92 Å². The predicted molar refractivity (Wildman–Crippen MR) is 64.9 cm³/mol. The van der Waals surface area contributed by atoms with Crippen LogP contribution in [-0.4, -0.2) is 35.5 Å². The minimum atomic E-state index is 0.623. The van der Waals surface area contributed by atoms with Crippen molar-refractivity contribution in [1.29, 1.82) is 0 Å². The fourth-order valence-corrected chi connectivity index (χ4v) is 2.60. The van der Waals surface area contributed by atoms with E-state index < -0.39 is 0 Å². The van der Waals surface area contributed by atoms with Gasteiger partial charge in [-0.15, -0.1) is 0 Å². The van der Waals surface area contributed by atoms with Gasteiger partial charge in [0.1, 0.15) is 0 Å². The summed E-state index contributed by atoms with van der Waals surface area (Å²) < 4.78 is 0. The second kappa shape index (κ2) is 5.81. The van der Waals surface area contributed by atoms with E-state index in [1.165, 1.54) is 5.75 Å². The second-order valence-corrected chi connectivity index (χ2v) is 5.48. The molecule has 1 fully saturated rings. The Morgan fingerprint density at radius 3 is 3.00 bits per heavy atom. The molecule has 1 aliphatic heterocycles. The molecule has 76 valence electrons. The Morgan fingerprint density at radius 2 is 2.46 bits per heavy atom. The van der Waals surface area contributed by atoms with Gasteiger partial charge in [0.15, 0.2) is 5.17 Å². The molecule has 1 N–H and O–H groups in total. The van der Waals surface area contributed by atoms with Crippen LogP contribution < -0.4 is 5.32 Å². The lowest BCUT2D eigenvalue weighted by Crippen LogP contribution is -2.31. The van der Waals surface area contributed by atoms with Crippen LogP contribution in [0.2, 0.25) is 0 Å². The van der Waals surface area contributed by atoms with Gasteiger partial charge in [0.25, 0.3) is 0 Å². The van der Waals surface area contributed by atoms with Crippen LogP contribution in [0.4, 0.5) is 0 Å². The summed E-state index contributed by atoms with van der Waals surface area (Å²) >= 11 is 3.71. The van der Waals surface area contributed by atoms with E-state index >= 15 is 0 Å². The first kappa shape index (κ1) is 11.2. The molecule has 0 amide bonds. The van der Waals surface area contributed by atoms with E-state index in [1.807, 2.05) is 23.5 Å². The standard InChI is InChI=1S/C9H18N2S2/c1-7(2)8-6-13-9(11-8)10-4-5-12-3/h7-8H,4-6H2,1-3H3,(H,10,11)/t8-/m1/s1. The van der Waals surface area contributed by atoms with Crippen molar-refractivity contribution in [3.05, 3.63) is 0 Å². The normalized spacial score (nSPS) is 25.5. The van der Waals surface area contributed by atoms with Crippen molar-refractivity contribution in [2.24, 2.45) is 10.9 Å². The molecular formula is C9H18N2S2. The van der Waals surface area contributed by atoms with Gasteiger partial charge >= 0.3 is 0 Å². The Kier molecular flexibility index (Phi) is 5.02. The van der Waals surface area contributed by atoms with Gasteiger partial charge in [0.05, 0.1) is 6.54 Å². The monoisotopic (exact) mass is 218 g/mol. The maximum atomic E-state index is 4.49. The van der Waals surface area contributed by atoms with Crippen LogP contribution in [0.1, 0.15) is 13.8 Å². The van der Waals surface area contributed by atoms with Crippen LogP contribution in [0.3, 0.4) is 0 Å². The van der Waals surface area contributed by atoms with Crippen molar-refractivity contribution in [3.63, 3.8) is 0 Å². The Hall–Kier alpha value is 0.170. The van der Waals surface area contributed by atoms with Crippen molar-refractivity contribution in [1.82, 2.24) is 5.32 Å². The van der Waals surface area contributed by atoms with Crippen molar-refractivity contribution in [3.8, 4) is 0 Å². The van der Waals surface area contributed by atoms with Gasteiger partial charge in [-0.2, -0.15) is 11.8 Å². The fourth-order valence-electron chi connectivity index (χ4n) is 1.10. The Labute approximate surface area is 89.3 Å². The summed E-state index contributed by atoms with van der Waals surface area (Å²) in [6.07, 6.45) is 2.12. The quantitative estimate of drug-likeness (QED) is 0.731. The topological polar surface area (TPSA) is 24.4 Å². The summed E-state index contributed by atoms with van der Waals surface area (Å²) in [4.78, 5) is 4.49. The third-order valence-electron chi connectivity index (χ3n) is 2.06. The molecular weight excluding hydrogens is 200 g/mol. The van der Waals surface area contributed by atoms with E-state index in [9.17, 15) is 0 Å². The number of nitrogens with zero attached hydrogens (tertiary/aromatic N) is 1. The van der Waals surface area contributed by atoms with E-state index in [0.29, 0.717) is 12.0 Å². The van der Waals surface area contributed by atoms with Gasteiger partial charge in [-0.3, -0.25) is 4.99 Å². The number of thioether (sulfide) groups is 2. The largest absolute Gasteiger partial charge is 0.361 e. The van der Waals surface area contributed by atoms with E-state index in [0.717, 1.165) is 17.5 Å². The van der Waals surface area contributed by atoms with Gasteiger partial charge in [-0.1, -0.05) is 25.6 Å². The Balaban J connectivity index is 2.27. The molecule has 1 saturated heterocycles. The first-order valence-electron chi connectivity index (χ1n) is 4.66. The first-order valence-corrected chi connectivity index (χ1v) is 7.04. The van der Waals surface area contributed by atoms with Crippen LogP contribution in [0.15, 0.2) is 4.99 Å². The first-order chi connectivity index (χ1) is 6.24. The van der Waals surface area contributed by atoms with Gasteiger partial charge in [0, 0.05) is 17.5 Å². The zero-order valence-electron chi connectivity index (χ0n) is 8.54. The van der Waals surface area contributed by atoms with Crippen molar-refractivity contribution in [2.45, 2.75) is 19.9 Å². The molecule has 2 nitrogen and oxygen atoms in total. The molecule has 1 rings (SSSR count). The maximum absolute atomic E-state index is 4.49. The van der Waals surface area contributed by atoms with Gasteiger partial charge < -0.3 is 5.32 Å². The van der Waals surface area contributed by atoms with E-state index in [-0.39, 0.29) is 0 Å². The summed E-state index contributed by atoms with van der Waals surface area (Å²) in [5.74, 6) is 3.01.